The van der Waals surface area contributed by atoms with Crippen molar-refractivity contribution in [1.82, 2.24) is 0 Å². The summed E-state index contributed by atoms with van der Waals surface area (Å²) in [6.07, 6.45) is 1.55. The van der Waals surface area contributed by atoms with Gasteiger partial charge in [0.15, 0.2) is 0 Å². The van der Waals surface area contributed by atoms with Gasteiger partial charge in [0.2, 0.25) is 0 Å². The fourth-order valence-corrected chi connectivity index (χ4v) is 2.83. The Kier molecular flexibility index (Phi) is 4.71. The molecule has 0 bridgehead atoms. The molecule has 0 atom stereocenters. The number of ether oxygens (including phenoxy) is 2. The van der Waals surface area contributed by atoms with Crippen LogP contribution in [-0.2, 0) is 11.3 Å². The predicted octanol–water partition coefficient (Wildman–Crippen LogP) is 3.86. The lowest BCUT2D eigenvalue weighted by Gasteiger charge is -2.07. The van der Waals surface area contributed by atoms with Crippen molar-refractivity contribution < 1.29 is 19.1 Å². The van der Waals surface area contributed by atoms with E-state index in [9.17, 15) is 4.79 Å². The van der Waals surface area contributed by atoms with E-state index in [1.165, 1.54) is 13.2 Å². The van der Waals surface area contributed by atoms with Crippen LogP contribution in [0.4, 0.5) is 0 Å². The zero-order valence-electron chi connectivity index (χ0n) is 13.3. The first-order valence-electron chi connectivity index (χ1n) is 7.41. The third-order valence-electron chi connectivity index (χ3n) is 3.87. The SMILES string of the molecule is COc1ccc2c(c1)CCC2=NOC(=O)c1cc(Cl)ccc1OC. The number of halogens is 1. The summed E-state index contributed by atoms with van der Waals surface area (Å²) >= 11 is 5.93. The minimum atomic E-state index is -0.608. The van der Waals surface area contributed by atoms with Crippen LogP contribution in [0.5, 0.6) is 11.5 Å². The van der Waals surface area contributed by atoms with E-state index in [0.717, 1.165) is 29.0 Å². The summed E-state index contributed by atoms with van der Waals surface area (Å²) in [6, 6.07) is 10.5. The van der Waals surface area contributed by atoms with Crippen molar-refractivity contribution in [3.8, 4) is 11.5 Å². The second-order valence-corrected chi connectivity index (χ2v) is 5.72. The van der Waals surface area contributed by atoms with Crippen LogP contribution in [0, 0.1) is 0 Å². The first kappa shape index (κ1) is 16.3. The highest BCUT2D eigenvalue weighted by Gasteiger charge is 2.20. The molecule has 0 saturated heterocycles. The monoisotopic (exact) mass is 345 g/mol. The summed E-state index contributed by atoms with van der Waals surface area (Å²) in [4.78, 5) is 17.4. The van der Waals surface area contributed by atoms with Gasteiger partial charge in [0.1, 0.15) is 17.1 Å². The standard InChI is InChI=1S/C18H16ClNO4/c1-22-13-5-6-14-11(9-13)3-7-16(14)20-24-18(21)15-10-12(19)4-8-17(15)23-2/h4-6,8-10H,3,7H2,1-2H3. The molecule has 0 aliphatic heterocycles. The largest absolute Gasteiger partial charge is 0.497 e. The average molecular weight is 346 g/mol. The molecule has 0 fully saturated rings. The average Bonchev–Trinajstić information content (AvgIpc) is 3.01. The normalized spacial score (nSPS) is 14.4. The number of carbonyl (C=O) groups is 1. The summed E-state index contributed by atoms with van der Waals surface area (Å²) < 4.78 is 10.4. The van der Waals surface area contributed by atoms with E-state index in [1.807, 2.05) is 18.2 Å². The van der Waals surface area contributed by atoms with Crippen molar-refractivity contribution in [3.63, 3.8) is 0 Å². The number of carbonyl (C=O) groups excluding carboxylic acids is 1. The molecule has 5 nitrogen and oxygen atoms in total. The molecule has 1 aliphatic carbocycles. The molecule has 3 rings (SSSR count). The van der Waals surface area contributed by atoms with Crippen molar-refractivity contribution >= 4 is 23.3 Å². The van der Waals surface area contributed by atoms with Gasteiger partial charge in [-0.25, -0.2) is 4.79 Å². The predicted molar refractivity (Wildman–Crippen MR) is 91.3 cm³/mol. The zero-order chi connectivity index (χ0) is 17.1. The van der Waals surface area contributed by atoms with Crippen LogP contribution in [0.1, 0.15) is 27.9 Å². The van der Waals surface area contributed by atoms with Crippen molar-refractivity contribution in [1.29, 1.82) is 0 Å². The highest BCUT2D eigenvalue weighted by atomic mass is 35.5. The van der Waals surface area contributed by atoms with Gasteiger partial charge in [-0.2, -0.15) is 0 Å². The van der Waals surface area contributed by atoms with Gasteiger partial charge >= 0.3 is 5.97 Å². The third-order valence-corrected chi connectivity index (χ3v) is 4.11. The molecular formula is C18H16ClNO4. The summed E-state index contributed by atoms with van der Waals surface area (Å²) in [7, 11) is 3.11. The molecule has 124 valence electrons. The van der Waals surface area contributed by atoms with Gasteiger partial charge in [-0.3, -0.25) is 0 Å². The molecule has 0 amide bonds. The summed E-state index contributed by atoms with van der Waals surface area (Å²) in [5.41, 5.74) is 3.08. The number of hydrogen-bond acceptors (Lipinski definition) is 5. The Balaban J connectivity index is 1.81. The van der Waals surface area contributed by atoms with E-state index >= 15 is 0 Å². The third kappa shape index (κ3) is 3.21. The fraction of sp³-hybridized carbons (Fsp3) is 0.222. The molecule has 6 heteroatoms. The number of rotatable bonds is 4. The van der Waals surface area contributed by atoms with Crippen LogP contribution in [0.3, 0.4) is 0 Å². The molecular weight excluding hydrogens is 330 g/mol. The van der Waals surface area contributed by atoms with Crippen molar-refractivity contribution in [2.75, 3.05) is 14.2 Å². The Morgan fingerprint density at radius 1 is 1.08 bits per heavy atom. The highest BCUT2D eigenvalue weighted by Crippen LogP contribution is 2.27. The molecule has 0 aromatic heterocycles. The molecule has 0 radical (unpaired) electrons. The summed E-state index contributed by atoms with van der Waals surface area (Å²) in [5, 5.41) is 4.45. The van der Waals surface area contributed by atoms with E-state index in [4.69, 9.17) is 25.9 Å². The number of benzene rings is 2. The Morgan fingerprint density at radius 3 is 2.67 bits per heavy atom. The first-order chi connectivity index (χ1) is 11.6. The Bertz CT molecular complexity index is 817. The molecule has 0 unspecified atom stereocenters. The Hall–Kier alpha value is -2.53. The number of methoxy groups -OCH3 is 2. The highest BCUT2D eigenvalue weighted by molar-refractivity contribution is 6.31. The summed E-state index contributed by atoms with van der Waals surface area (Å²) in [5.74, 6) is 0.584. The molecule has 0 N–H and O–H groups in total. The lowest BCUT2D eigenvalue weighted by Crippen LogP contribution is -2.06. The zero-order valence-corrected chi connectivity index (χ0v) is 14.1. The molecule has 2 aromatic rings. The second kappa shape index (κ2) is 6.93. The molecule has 0 saturated carbocycles. The topological polar surface area (TPSA) is 57.1 Å². The van der Waals surface area contributed by atoms with Gasteiger partial charge in [0.05, 0.1) is 19.9 Å². The van der Waals surface area contributed by atoms with E-state index in [-0.39, 0.29) is 5.56 Å². The number of nitrogens with zero attached hydrogens (tertiary/aromatic N) is 1. The maximum Gasteiger partial charge on any atom is 0.369 e. The van der Waals surface area contributed by atoms with E-state index in [1.54, 1.807) is 19.2 Å². The Morgan fingerprint density at radius 2 is 1.92 bits per heavy atom. The van der Waals surface area contributed by atoms with E-state index in [2.05, 4.69) is 5.16 Å². The van der Waals surface area contributed by atoms with E-state index < -0.39 is 5.97 Å². The first-order valence-corrected chi connectivity index (χ1v) is 7.79. The maximum absolute atomic E-state index is 12.3. The lowest BCUT2D eigenvalue weighted by atomic mass is 10.1. The van der Waals surface area contributed by atoms with Crippen LogP contribution in [0.2, 0.25) is 5.02 Å². The van der Waals surface area contributed by atoms with Gasteiger partial charge in [-0.05, 0) is 54.8 Å². The maximum atomic E-state index is 12.3. The fourth-order valence-electron chi connectivity index (χ4n) is 2.65. The van der Waals surface area contributed by atoms with Crippen molar-refractivity contribution in [2.45, 2.75) is 12.8 Å². The van der Waals surface area contributed by atoms with Gasteiger partial charge in [-0.15, -0.1) is 0 Å². The van der Waals surface area contributed by atoms with Crippen molar-refractivity contribution in [2.24, 2.45) is 5.16 Å². The molecule has 1 aliphatic rings. The lowest BCUT2D eigenvalue weighted by molar-refractivity contribution is 0.0512. The number of hydrogen-bond donors (Lipinski definition) is 0. The van der Waals surface area contributed by atoms with Gasteiger partial charge < -0.3 is 14.3 Å². The number of oxime groups is 1. The van der Waals surface area contributed by atoms with Crippen molar-refractivity contribution in [3.05, 3.63) is 58.1 Å². The summed E-state index contributed by atoms with van der Waals surface area (Å²) in [6.45, 7) is 0. The van der Waals surface area contributed by atoms with Crippen LogP contribution in [-0.4, -0.2) is 25.9 Å². The minimum Gasteiger partial charge on any atom is -0.497 e. The smallest absolute Gasteiger partial charge is 0.369 e. The Labute approximate surface area is 144 Å². The van der Waals surface area contributed by atoms with Gasteiger partial charge in [0.25, 0.3) is 0 Å². The van der Waals surface area contributed by atoms with Gasteiger partial charge in [-0.1, -0.05) is 16.8 Å². The quantitative estimate of drug-likeness (QED) is 0.623. The van der Waals surface area contributed by atoms with Gasteiger partial charge in [0, 0.05) is 10.6 Å². The van der Waals surface area contributed by atoms with Crippen LogP contribution < -0.4 is 9.47 Å². The molecule has 2 aromatic carbocycles. The van der Waals surface area contributed by atoms with Crippen LogP contribution >= 0.6 is 11.6 Å². The molecule has 0 heterocycles. The molecule has 0 spiro atoms. The van der Waals surface area contributed by atoms with Crippen LogP contribution in [0.15, 0.2) is 41.6 Å². The molecule has 24 heavy (non-hydrogen) atoms. The minimum absolute atomic E-state index is 0.238. The van der Waals surface area contributed by atoms with E-state index in [0.29, 0.717) is 17.2 Å². The second-order valence-electron chi connectivity index (χ2n) is 5.28. The number of aryl methyl sites for hydroxylation is 1. The van der Waals surface area contributed by atoms with Crippen LogP contribution in [0.25, 0.3) is 0 Å². The number of fused-ring (bicyclic) bond motifs is 1.